The average Bonchev–Trinajstić information content (AvgIpc) is 2.64. The molecule has 1 amide bonds. The van der Waals surface area contributed by atoms with Crippen LogP contribution in [0.1, 0.15) is 16.6 Å². The largest absolute Gasteiger partial charge is 0.334 e. The number of rotatable bonds is 1. The fraction of sp³-hybridized carbons (Fsp3) is 0.500. The van der Waals surface area contributed by atoms with Crippen molar-refractivity contribution >= 4 is 44.9 Å². The third kappa shape index (κ3) is 2.40. The van der Waals surface area contributed by atoms with Crippen LogP contribution in [0.4, 0.5) is 0 Å². The Bertz CT molecular complexity index is 366. The maximum absolute atomic E-state index is 12.2. The van der Waals surface area contributed by atoms with E-state index in [9.17, 15) is 4.79 Å². The summed E-state index contributed by atoms with van der Waals surface area (Å²) in [5.74, 6) is 2.28. The first kappa shape index (κ1) is 11.5. The van der Waals surface area contributed by atoms with Gasteiger partial charge in [-0.1, -0.05) is 0 Å². The number of hydrogen-bond donors (Lipinski definition) is 0. The number of thioether (sulfide) groups is 1. The Kier molecular flexibility index (Phi) is 3.74. The second-order valence-corrected chi connectivity index (χ2v) is 6.44. The maximum atomic E-state index is 12.2. The Balaban J connectivity index is 2.17. The molecule has 0 spiro atoms. The lowest BCUT2D eigenvalue weighted by atomic mass is 10.3. The molecule has 1 aromatic rings. The molecular formula is C10H12BrNOS2. The monoisotopic (exact) mass is 305 g/mol. The number of carbonyl (C=O) groups excluding carboxylic acids is 1. The van der Waals surface area contributed by atoms with Crippen LogP contribution in [0.3, 0.4) is 0 Å². The molecule has 0 saturated carbocycles. The minimum Gasteiger partial charge on any atom is -0.334 e. The van der Waals surface area contributed by atoms with E-state index >= 15 is 0 Å². The second kappa shape index (κ2) is 4.89. The van der Waals surface area contributed by atoms with Crippen molar-refractivity contribution in [1.29, 1.82) is 0 Å². The lowest BCUT2D eigenvalue weighted by Crippen LogP contribution is -2.44. The normalized spacial score (nSPS) is 21.7. The fourth-order valence-electron chi connectivity index (χ4n) is 1.61. The number of thiophene rings is 1. The molecule has 1 aliphatic heterocycles. The molecule has 1 aliphatic rings. The van der Waals surface area contributed by atoms with Gasteiger partial charge in [0.05, 0.1) is 0 Å². The number of nitrogens with zero attached hydrogens (tertiary/aromatic N) is 1. The van der Waals surface area contributed by atoms with Gasteiger partial charge in [0.15, 0.2) is 0 Å². The van der Waals surface area contributed by atoms with Crippen molar-refractivity contribution in [2.24, 2.45) is 0 Å². The first-order chi connectivity index (χ1) is 7.20. The maximum Gasteiger partial charge on any atom is 0.265 e. The van der Waals surface area contributed by atoms with Gasteiger partial charge in [0.1, 0.15) is 4.88 Å². The van der Waals surface area contributed by atoms with E-state index in [2.05, 4.69) is 22.9 Å². The molecule has 1 unspecified atom stereocenters. The SMILES string of the molecule is CC1CSCCN1C(=O)c1sccc1Br. The first-order valence-electron chi connectivity index (χ1n) is 4.82. The summed E-state index contributed by atoms with van der Waals surface area (Å²) < 4.78 is 0.919. The van der Waals surface area contributed by atoms with Crippen LogP contribution in [0.15, 0.2) is 15.9 Å². The Morgan fingerprint density at radius 3 is 3.07 bits per heavy atom. The van der Waals surface area contributed by atoms with Crippen LogP contribution in [0, 0.1) is 0 Å². The number of hydrogen-bond acceptors (Lipinski definition) is 3. The van der Waals surface area contributed by atoms with Gasteiger partial charge in [-0.25, -0.2) is 0 Å². The Labute approximate surface area is 106 Å². The number of halogens is 1. The van der Waals surface area contributed by atoms with Crippen molar-refractivity contribution < 1.29 is 4.79 Å². The molecule has 0 radical (unpaired) electrons. The molecule has 0 aliphatic carbocycles. The van der Waals surface area contributed by atoms with Crippen molar-refractivity contribution in [3.63, 3.8) is 0 Å². The summed E-state index contributed by atoms with van der Waals surface area (Å²) in [6.07, 6.45) is 0. The molecule has 2 heterocycles. The van der Waals surface area contributed by atoms with E-state index in [1.54, 1.807) is 0 Å². The standard InChI is InChI=1S/C10H12BrNOS2/c1-7-6-14-5-3-12(7)10(13)9-8(11)2-4-15-9/h2,4,7H,3,5-6H2,1H3. The van der Waals surface area contributed by atoms with Crippen LogP contribution in [-0.4, -0.2) is 34.9 Å². The zero-order valence-corrected chi connectivity index (χ0v) is 11.6. The highest BCUT2D eigenvalue weighted by Gasteiger charge is 2.26. The molecule has 0 aromatic carbocycles. The molecule has 1 saturated heterocycles. The number of carbonyl (C=O) groups is 1. The van der Waals surface area contributed by atoms with Gasteiger partial charge < -0.3 is 4.90 Å². The summed E-state index contributed by atoms with van der Waals surface area (Å²) in [6, 6.07) is 2.28. The molecule has 0 N–H and O–H groups in total. The average molecular weight is 306 g/mol. The van der Waals surface area contributed by atoms with Gasteiger partial charge in [0, 0.05) is 28.6 Å². The van der Waals surface area contributed by atoms with Gasteiger partial charge in [-0.15, -0.1) is 11.3 Å². The lowest BCUT2D eigenvalue weighted by Gasteiger charge is -2.32. The summed E-state index contributed by atoms with van der Waals surface area (Å²) in [4.78, 5) is 15.0. The van der Waals surface area contributed by atoms with Gasteiger partial charge in [-0.05, 0) is 34.3 Å². The highest BCUT2D eigenvalue weighted by Crippen LogP contribution is 2.26. The van der Waals surface area contributed by atoms with Crippen molar-refractivity contribution in [3.8, 4) is 0 Å². The summed E-state index contributed by atoms with van der Waals surface area (Å²) >= 11 is 6.84. The third-order valence-electron chi connectivity index (χ3n) is 2.44. The van der Waals surface area contributed by atoms with E-state index in [0.29, 0.717) is 6.04 Å². The van der Waals surface area contributed by atoms with Crippen LogP contribution in [0.25, 0.3) is 0 Å². The molecule has 2 nitrogen and oxygen atoms in total. The predicted molar refractivity (Wildman–Crippen MR) is 69.8 cm³/mol. The van der Waals surface area contributed by atoms with E-state index in [4.69, 9.17) is 0 Å². The predicted octanol–water partition coefficient (Wildman–Crippen LogP) is 3.09. The Hall–Kier alpha value is -0.000000000000000111. The highest BCUT2D eigenvalue weighted by atomic mass is 79.9. The van der Waals surface area contributed by atoms with Crippen LogP contribution in [-0.2, 0) is 0 Å². The van der Waals surface area contributed by atoms with Gasteiger partial charge >= 0.3 is 0 Å². The van der Waals surface area contributed by atoms with Crippen LogP contribution < -0.4 is 0 Å². The molecule has 1 fully saturated rings. The van der Waals surface area contributed by atoms with E-state index < -0.39 is 0 Å². The zero-order chi connectivity index (χ0) is 10.8. The molecule has 15 heavy (non-hydrogen) atoms. The summed E-state index contributed by atoms with van der Waals surface area (Å²) in [7, 11) is 0. The van der Waals surface area contributed by atoms with Crippen LogP contribution in [0.2, 0.25) is 0 Å². The van der Waals surface area contributed by atoms with E-state index in [1.807, 2.05) is 28.1 Å². The van der Waals surface area contributed by atoms with Gasteiger partial charge in [0.2, 0.25) is 0 Å². The first-order valence-corrected chi connectivity index (χ1v) is 7.64. The Morgan fingerprint density at radius 1 is 1.67 bits per heavy atom. The quantitative estimate of drug-likeness (QED) is 0.795. The Morgan fingerprint density at radius 2 is 2.47 bits per heavy atom. The van der Waals surface area contributed by atoms with Crippen molar-refractivity contribution in [2.45, 2.75) is 13.0 Å². The number of amides is 1. The second-order valence-electron chi connectivity index (χ2n) is 3.52. The molecule has 82 valence electrons. The summed E-state index contributed by atoms with van der Waals surface area (Å²) in [5.41, 5.74) is 0. The van der Waals surface area contributed by atoms with E-state index in [0.717, 1.165) is 27.4 Å². The third-order valence-corrected chi connectivity index (χ3v) is 5.45. The minimum absolute atomic E-state index is 0.171. The van der Waals surface area contributed by atoms with Crippen molar-refractivity contribution in [2.75, 3.05) is 18.1 Å². The van der Waals surface area contributed by atoms with Crippen molar-refractivity contribution in [3.05, 3.63) is 20.8 Å². The molecule has 1 atom stereocenters. The molecular weight excluding hydrogens is 294 g/mol. The molecule has 0 bridgehead atoms. The van der Waals surface area contributed by atoms with Crippen molar-refractivity contribution in [1.82, 2.24) is 4.90 Å². The van der Waals surface area contributed by atoms with E-state index in [1.165, 1.54) is 11.3 Å². The molecule has 5 heteroatoms. The van der Waals surface area contributed by atoms with E-state index in [-0.39, 0.29) is 5.91 Å². The summed E-state index contributed by atoms with van der Waals surface area (Å²) in [5, 5.41) is 1.95. The topological polar surface area (TPSA) is 20.3 Å². The molecule has 1 aromatic heterocycles. The highest BCUT2D eigenvalue weighted by molar-refractivity contribution is 9.10. The van der Waals surface area contributed by atoms with Gasteiger partial charge in [-0.3, -0.25) is 4.79 Å². The van der Waals surface area contributed by atoms with Gasteiger partial charge in [-0.2, -0.15) is 11.8 Å². The van der Waals surface area contributed by atoms with Crippen LogP contribution >= 0.6 is 39.0 Å². The minimum atomic E-state index is 0.171. The zero-order valence-electron chi connectivity index (χ0n) is 8.40. The van der Waals surface area contributed by atoms with Gasteiger partial charge in [0.25, 0.3) is 5.91 Å². The lowest BCUT2D eigenvalue weighted by molar-refractivity contribution is 0.0720. The fourth-order valence-corrected chi connectivity index (χ4v) is 4.12. The smallest absolute Gasteiger partial charge is 0.265 e. The molecule has 2 rings (SSSR count). The summed E-state index contributed by atoms with van der Waals surface area (Å²) in [6.45, 7) is 2.99. The van der Waals surface area contributed by atoms with Crippen LogP contribution in [0.5, 0.6) is 0 Å².